The van der Waals surface area contributed by atoms with Gasteiger partial charge in [-0.15, -0.1) is 0 Å². The van der Waals surface area contributed by atoms with E-state index in [0.29, 0.717) is 26.2 Å². The number of amides is 2. The lowest BCUT2D eigenvalue weighted by Crippen LogP contribution is -2.37. The molecule has 0 bridgehead atoms. The Labute approximate surface area is 208 Å². The summed E-state index contributed by atoms with van der Waals surface area (Å²) in [5.74, 6) is -1.24. The van der Waals surface area contributed by atoms with Gasteiger partial charge >= 0.3 is 0 Å². The lowest BCUT2D eigenvalue weighted by atomic mass is 10.00. The highest BCUT2D eigenvalue weighted by atomic mass is 35.5. The van der Waals surface area contributed by atoms with E-state index in [0.717, 1.165) is 17.7 Å². The van der Waals surface area contributed by atoms with Gasteiger partial charge in [0.05, 0.1) is 12.1 Å². The van der Waals surface area contributed by atoms with E-state index in [1.54, 1.807) is 54.6 Å². The third-order valence-corrected chi connectivity index (χ3v) is 5.95. The van der Waals surface area contributed by atoms with Crippen molar-refractivity contribution in [1.29, 1.82) is 0 Å². The predicted molar refractivity (Wildman–Crippen MR) is 131 cm³/mol. The second-order valence-electron chi connectivity index (χ2n) is 7.01. The molecular weight excluding hydrogens is 507 g/mol. The standard InChI is InChI=1S/C23H15Cl3N2O4S/c24-16-3-1-12(2-4-16)11-32-20-9-13(14-6-17(25)10-18(26)7-14)5-15(21(20)29)8-19-22(30)27-33-28-23(19)31/h1-10,29H,11H2,(H,27,30)(H,28,31). The fourth-order valence-electron chi connectivity index (χ4n) is 3.10. The molecule has 0 unspecified atom stereocenters. The highest BCUT2D eigenvalue weighted by Crippen LogP contribution is 2.39. The van der Waals surface area contributed by atoms with Gasteiger partial charge in [0.25, 0.3) is 11.8 Å². The first-order valence-electron chi connectivity index (χ1n) is 9.49. The van der Waals surface area contributed by atoms with Crippen LogP contribution in [0.5, 0.6) is 11.5 Å². The molecule has 1 aliphatic heterocycles. The van der Waals surface area contributed by atoms with Crippen LogP contribution in [0.1, 0.15) is 11.1 Å². The fourth-order valence-corrected chi connectivity index (χ4v) is 4.20. The molecule has 3 aromatic rings. The van der Waals surface area contributed by atoms with E-state index < -0.39 is 11.8 Å². The molecule has 3 N–H and O–H groups in total. The second-order valence-corrected chi connectivity index (χ2v) is 8.93. The molecule has 33 heavy (non-hydrogen) atoms. The van der Waals surface area contributed by atoms with Crippen LogP contribution in [0, 0.1) is 0 Å². The van der Waals surface area contributed by atoms with Crippen LogP contribution in [0.3, 0.4) is 0 Å². The summed E-state index contributed by atoms with van der Waals surface area (Å²) in [4.78, 5) is 24.3. The number of nitrogens with one attached hydrogen (secondary N) is 2. The van der Waals surface area contributed by atoms with E-state index in [9.17, 15) is 14.7 Å². The molecule has 6 nitrogen and oxygen atoms in total. The number of halogens is 3. The number of phenolic OH excluding ortho intramolecular Hbond substituents is 1. The highest BCUT2D eigenvalue weighted by molar-refractivity contribution is 7.96. The summed E-state index contributed by atoms with van der Waals surface area (Å²) in [7, 11) is 0. The molecule has 4 rings (SSSR count). The molecule has 1 saturated heterocycles. The lowest BCUT2D eigenvalue weighted by Gasteiger charge is -2.16. The third-order valence-electron chi connectivity index (χ3n) is 4.68. The van der Waals surface area contributed by atoms with E-state index in [4.69, 9.17) is 39.5 Å². The number of carbonyl (C=O) groups is 2. The van der Waals surface area contributed by atoms with Crippen molar-refractivity contribution < 1.29 is 19.4 Å². The monoisotopic (exact) mass is 520 g/mol. The topological polar surface area (TPSA) is 87.7 Å². The molecule has 0 aromatic heterocycles. The van der Waals surface area contributed by atoms with Gasteiger partial charge in [-0.2, -0.15) is 0 Å². The largest absolute Gasteiger partial charge is 0.504 e. The third kappa shape index (κ3) is 5.57. The van der Waals surface area contributed by atoms with Crippen LogP contribution in [-0.2, 0) is 16.2 Å². The molecule has 3 aromatic carbocycles. The van der Waals surface area contributed by atoms with Crippen molar-refractivity contribution >= 4 is 64.8 Å². The van der Waals surface area contributed by atoms with E-state index >= 15 is 0 Å². The van der Waals surface area contributed by atoms with Gasteiger partial charge in [-0.3, -0.25) is 19.0 Å². The molecule has 168 valence electrons. The molecule has 0 saturated carbocycles. The average molecular weight is 522 g/mol. The van der Waals surface area contributed by atoms with Crippen molar-refractivity contribution in [1.82, 2.24) is 9.44 Å². The van der Waals surface area contributed by atoms with Crippen LogP contribution in [0.4, 0.5) is 0 Å². The maximum Gasteiger partial charge on any atom is 0.268 e. The number of hydrogen-bond acceptors (Lipinski definition) is 5. The quantitative estimate of drug-likeness (QED) is 0.225. The van der Waals surface area contributed by atoms with Gasteiger partial charge in [0.15, 0.2) is 11.5 Å². The Morgan fingerprint density at radius 1 is 0.848 bits per heavy atom. The summed E-state index contributed by atoms with van der Waals surface area (Å²) < 4.78 is 10.8. The second kappa shape index (κ2) is 9.97. The molecule has 0 radical (unpaired) electrons. The fraction of sp³-hybridized carbons (Fsp3) is 0.0435. The predicted octanol–water partition coefficient (Wildman–Crippen LogP) is 5.79. The Hall–Kier alpha value is -2.84. The average Bonchev–Trinajstić information content (AvgIpc) is 2.77. The number of hydrogen-bond donors (Lipinski definition) is 3. The number of rotatable bonds is 5. The first-order chi connectivity index (χ1) is 15.8. The van der Waals surface area contributed by atoms with Crippen molar-refractivity contribution in [2.24, 2.45) is 0 Å². The maximum atomic E-state index is 12.2. The van der Waals surface area contributed by atoms with Gasteiger partial charge < -0.3 is 9.84 Å². The van der Waals surface area contributed by atoms with Gasteiger partial charge in [0.2, 0.25) is 0 Å². The Morgan fingerprint density at radius 3 is 2.09 bits per heavy atom. The van der Waals surface area contributed by atoms with Crippen LogP contribution in [0.25, 0.3) is 17.2 Å². The van der Waals surface area contributed by atoms with Gasteiger partial charge in [0.1, 0.15) is 12.2 Å². The zero-order valence-electron chi connectivity index (χ0n) is 16.7. The van der Waals surface area contributed by atoms with E-state index in [1.165, 1.54) is 6.08 Å². The number of aromatic hydroxyl groups is 1. The summed E-state index contributed by atoms with van der Waals surface area (Å²) in [5.41, 5.74) is 2.16. The Morgan fingerprint density at radius 2 is 1.45 bits per heavy atom. The normalized spacial score (nSPS) is 13.4. The van der Waals surface area contributed by atoms with Crippen LogP contribution >= 0.6 is 46.9 Å². The Balaban J connectivity index is 1.79. The summed E-state index contributed by atoms with van der Waals surface area (Å²) in [5, 5.41) is 12.3. The SMILES string of the molecule is O=C1NSNC(=O)C1=Cc1cc(-c2cc(Cl)cc(Cl)c2)cc(OCc2ccc(Cl)cc2)c1O. The van der Waals surface area contributed by atoms with Crippen molar-refractivity contribution in [3.8, 4) is 22.6 Å². The van der Waals surface area contributed by atoms with Crippen molar-refractivity contribution in [2.45, 2.75) is 6.61 Å². The van der Waals surface area contributed by atoms with Crippen molar-refractivity contribution in [3.63, 3.8) is 0 Å². The first-order valence-corrected chi connectivity index (χ1v) is 11.4. The van der Waals surface area contributed by atoms with Gasteiger partial charge in [-0.05, 0) is 65.2 Å². The Kier molecular flexibility index (Phi) is 7.05. The maximum absolute atomic E-state index is 12.2. The minimum atomic E-state index is -0.581. The van der Waals surface area contributed by atoms with Crippen LogP contribution in [0.15, 0.2) is 60.2 Å². The number of phenols is 1. The van der Waals surface area contributed by atoms with E-state index in [1.807, 2.05) is 0 Å². The van der Waals surface area contributed by atoms with Crippen LogP contribution in [-0.4, -0.2) is 16.9 Å². The molecular formula is C23H15Cl3N2O4S. The smallest absolute Gasteiger partial charge is 0.268 e. The number of ether oxygens (including phenoxy) is 1. The number of benzene rings is 3. The number of carbonyl (C=O) groups excluding carboxylic acids is 2. The minimum absolute atomic E-state index is 0.149. The minimum Gasteiger partial charge on any atom is -0.504 e. The molecule has 0 spiro atoms. The summed E-state index contributed by atoms with van der Waals surface area (Å²) in [6.45, 7) is 0.151. The van der Waals surface area contributed by atoms with Gasteiger partial charge in [-0.1, -0.05) is 46.9 Å². The van der Waals surface area contributed by atoms with Gasteiger partial charge in [-0.25, -0.2) is 0 Å². The first kappa shape index (κ1) is 23.3. The molecule has 1 heterocycles. The highest BCUT2D eigenvalue weighted by Gasteiger charge is 2.24. The zero-order chi connectivity index (χ0) is 23.5. The van der Waals surface area contributed by atoms with Crippen molar-refractivity contribution in [2.75, 3.05) is 0 Å². The molecule has 1 fully saturated rings. The van der Waals surface area contributed by atoms with Crippen molar-refractivity contribution in [3.05, 3.63) is 86.4 Å². The summed E-state index contributed by atoms with van der Waals surface area (Å²) in [6, 6.07) is 15.3. The van der Waals surface area contributed by atoms with E-state index in [2.05, 4.69) is 9.44 Å². The molecule has 2 amide bonds. The van der Waals surface area contributed by atoms with E-state index in [-0.39, 0.29) is 29.2 Å². The molecule has 0 atom stereocenters. The molecule has 10 heteroatoms. The zero-order valence-corrected chi connectivity index (χ0v) is 19.8. The van der Waals surface area contributed by atoms with Crippen LogP contribution < -0.4 is 14.2 Å². The van der Waals surface area contributed by atoms with Gasteiger partial charge in [0, 0.05) is 20.6 Å². The lowest BCUT2D eigenvalue weighted by molar-refractivity contribution is -0.122. The Bertz CT molecular complexity index is 1240. The molecule has 1 aliphatic rings. The molecule has 0 aliphatic carbocycles. The summed E-state index contributed by atoms with van der Waals surface area (Å²) in [6.07, 6.45) is 1.30. The summed E-state index contributed by atoms with van der Waals surface area (Å²) >= 11 is 19.0. The van der Waals surface area contributed by atoms with Crippen LogP contribution in [0.2, 0.25) is 15.1 Å².